The van der Waals surface area contributed by atoms with Crippen molar-refractivity contribution in [2.45, 2.75) is 38.7 Å². The van der Waals surface area contributed by atoms with Crippen LogP contribution >= 0.6 is 11.6 Å². The molecule has 1 saturated heterocycles. The molecule has 126 valence electrons. The monoisotopic (exact) mass is 339 g/mol. The largest absolute Gasteiger partial charge is 0.481 e. The summed E-state index contributed by atoms with van der Waals surface area (Å²) in [5.41, 5.74) is 0. The first-order valence-electron chi connectivity index (χ1n) is 7.88. The molecule has 1 aliphatic rings. The van der Waals surface area contributed by atoms with Crippen LogP contribution in [0, 0.1) is 5.92 Å². The van der Waals surface area contributed by atoms with Crippen LogP contribution in [-0.2, 0) is 9.59 Å². The van der Waals surface area contributed by atoms with E-state index in [1.807, 2.05) is 0 Å². The molecular weight excluding hydrogens is 318 g/mol. The molecule has 1 heterocycles. The van der Waals surface area contributed by atoms with Crippen LogP contribution in [0.5, 0.6) is 5.75 Å². The number of likely N-dealkylation sites (tertiary alicyclic amines) is 1. The number of aliphatic carboxylic acids is 1. The van der Waals surface area contributed by atoms with E-state index in [1.54, 1.807) is 36.1 Å². The van der Waals surface area contributed by atoms with Gasteiger partial charge in [-0.25, -0.2) is 0 Å². The van der Waals surface area contributed by atoms with Crippen molar-refractivity contribution in [3.8, 4) is 5.75 Å². The Morgan fingerprint density at radius 2 is 2.09 bits per heavy atom. The minimum atomic E-state index is -0.784. The summed E-state index contributed by atoms with van der Waals surface area (Å²) in [6, 6.07) is 6.91. The van der Waals surface area contributed by atoms with Crippen molar-refractivity contribution in [2.24, 2.45) is 5.92 Å². The highest BCUT2D eigenvalue weighted by Crippen LogP contribution is 2.23. The Kier molecular flexibility index (Phi) is 6.28. The summed E-state index contributed by atoms with van der Waals surface area (Å²) in [6.45, 7) is 3.05. The third kappa shape index (κ3) is 5.43. The summed E-state index contributed by atoms with van der Waals surface area (Å²) in [4.78, 5) is 25.0. The number of hydrogen-bond acceptors (Lipinski definition) is 3. The van der Waals surface area contributed by atoms with Crippen molar-refractivity contribution in [3.05, 3.63) is 29.3 Å². The highest BCUT2D eigenvalue weighted by Gasteiger charge is 2.28. The van der Waals surface area contributed by atoms with Crippen LogP contribution in [0.3, 0.4) is 0 Å². The maximum atomic E-state index is 12.5. The minimum Gasteiger partial charge on any atom is -0.481 e. The quantitative estimate of drug-likeness (QED) is 0.864. The van der Waals surface area contributed by atoms with Gasteiger partial charge in [0, 0.05) is 24.5 Å². The van der Waals surface area contributed by atoms with E-state index in [0.717, 1.165) is 12.8 Å². The van der Waals surface area contributed by atoms with Gasteiger partial charge >= 0.3 is 5.97 Å². The average Bonchev–Trinajstić information content (AvgIpc) is 2.54. The molecule has 1 amide bonds. The van der Waals surface area contributed by atoms with E-state index in [2.05, 4.69) is 0 Å². The Hall–Kier alpha value is -1.75. The van der Waals surface area contributed by atoms with Gasteiger partial charge in [-0.15, -0.1) is 0 Å². The van der Waals surface area contributed by atoms with Crippen LogP contribution in [0.15, 0.2) is 24.3 Å². The summed E-state index contributed by atoms with van der Waals surface area (Å²) < 4.78 is 5.67. The normalized spacial score (nSPS) is 19.2. The molecule has 0 bridgehead atoms. The summed E-state index contributed by atoms with van der Waals surface area (Å²) in [6.07, 6.45) is 2.08. The van der Waals surface area contributed by atoms with Crippen molar-refractivity contribution in [1.29, 1.82) is 0 Å². The van der Waals surface area contributed by atoms with Gasteiger partial charge in [-0.2, -0.15) is 0 Å². The van der Waals surface area contributed by atoms with Crippen LogP contribution in [0.4, 0.5) is 0 Å². The molecule has 6 heteroatoms. The van der Waals surface area contributed by atoms with E-state index < -0.39 is 12.1 Å². The average molecular weight is 340 g/mol. The maximum absolute atomic E-state index is 12.5. The van der Waals surface area contributed by atoms with Gasteiger partial charge in [0.2, 0.25) is 0 Å². The summed E-state index contributed by atoms with van der Waals surface area (Å²) in [7, 11) is 0. The standard InChI is InChI=1S/C17H22ClNO4/c1-12(23-15-7-5-14(18)6-8-15)17(22)19-10-2-3-13(11-19)4-9-16(20)21/h5-8,12-13H,2-4,9-11H2,1H3,(H,20,21)/t12-,13+/m1/s1. The molecule has 0 saturated carbocycles. The number of rotatable bonds is 6. The molecule has 1 aliphatic heterocycles. The van der Waals surface area contributed by atoms with E-state index in [4.69, 9.17) is 21.4 Å². The van der Waals surface area contributed by atoms with Crippen molar-refractivity contribution in [1.82, 2.24) is 4.90 Å². The number of piperidine rings is 1. The molecule has 0 spiro atoms. The van der Waals surface area contributed by atoms with E-state index >= 15 is 0 Å². The van der Waals surface area contributed by atoms with Crippen LogP contribution < -0.4 is 4.74 Å². The van der Waals surface area contributed by atoms with Gasteiger partial charge in [-0.1, -0.05) is 11.6 Å². The van der Waals surface area contributed by atoms with E-state index in [0.29, 0.717) is 30.3 Å². The smallest absolute Gasteiger partial charge is 0.303 e. The molecular formula is C17H22ClNO4. The van der Waals surface area contributed by atoms with E-state index in [9.17, 15) is 9.59 Å². The van der Waals surface area contributed by atoms with Gasteiger partial charge in [0.05, 0.1) is 0 Å². The number of nitrogens with zero attached hydrogens (tertiary/aromatic N) is 1. The lowest BCUT2D eigenvalue weighted by Crippen LogP contribution is -2.45. The van der Waals surface area contributed by atoms with Gasteiger partial charge < -0.3 is 14.7 Å². The summed E-state index contributed by atoms with van der Waals surface area (Å²) >= 11 is 5.83. The van der Waals surface area contributed by atoms with Crippen LogP contribution in [0.25, 0.3) is 0 Å². The molecule has 23 heavy (non-hydrogen) atoms. The maximum Gasteiger partial charge on any atom is 0.303 e. The molecule has 1 aromatic carbocycles. The lowest BCUT2D eigenvalue weighted by Gasteiger charge is -2.34. The molecule has 0 aromatic heterocycles. The lowest BCUT2D eigenvalue weighted by atomic mass is 9.93. The predicted molar refractivity (Wildman–Crippen MR) is 87.7 cm³/mol. The Labute approximate surface area is 141 Å². The second-order valence-corrected chi connectivity index (χ2v) is 6.38. The van der Waals surface area contributed by atoms with Gasteiger partial charge in [0.15, 0.2) is 6.10 Å². The number of benzene rings is 1. The van der Waals surface area contributed by atoms with E-state index in [-0.39, 0.29) is 18.2 Å². The van der Waals surface area contributed by atoms with Gasteiger partial charge in [0.25, 0.3) is 5.91 Å². The van der Waals surface area contributed by atoms with Crippen molar-refractivity contribution in [2.75, 3.05) is 13.1 Å². The number of ether oxygens (including phenoxy) is 1. The zero-order chi connectivity index (χ0) is 16.8. The molecule has 0 unspecified atom stereocenters. The minimum absolute atomic E-state index is 0.0556. The first kappa shape index (κ1) is 17.6. The molecule has 1 aromatic rings. The third-order valence-electron chi connectivity index (χ3n) is 4.07. The van der Waals surface area contributed by atoms with Gasteiger partial charge in [0.1, 0.15) is 5.75 Å². The number of carbonyl (C=O) groups excluding carboxylic acids is 1. The Morgan fingerprint density at radius 1 is 1.39 bits per heavy atom. The van der Waals surface area contributed by atoms with Gasteiger partial charge in [-0.3, -0.25) is 9.59 Å². The lowest BCUT2D eigenvalue weighted by molar-refractivity contribution is -0.140. The second kappa shape index (κ2) is 8.20. The van der Waals surface area contributed by atoms with Crippen LogP contribution in [0.2, 0.25) is 5.02 Å². The van der Waals surface area contributed by atoms with Crippen LogP contribution in [-0.4, -0.2) is 41.1 Å². The molecule has 5 nitrogen and oxygen atoms in total. The molecule has 2 atom stereocenters. The summed E-state index contributed by atoms with van der Waals surface area (Å²) in [5, 5.41) is 9.40. The van der Waals surface area contributed by atoms with Gasteiger partial charge in [-0.05, 0) is 56.4 Å². The number of halogens is 1. The SMILES string of the molecule is C[C@@H](Oc1ccc(Cl)cc1)C(=O)N1CCC[C@@H](CCC(=O)O)C1. The van der Waals surface area contributed by atoms with E-state index in [1.165, 1.54) is 0 Å². The van der Waals surface area contributed by atoms with Crippen molar-refractivity contribution < 1.29 is 19.4 Å². The number of carboxylic acid groups (broad SMARTS) is 1. The molecule has 1 fully saturated rings. The third-order valence-corrected chi connectivity index (χ3v) is 4.32. The molecule has 1 N–H and O–H groups in total. The zero-order valence-electron chi connectivity index (χ0n) is 13.2. The predicted octanol–water partition coefficient (Wildman–Crippen LogP) is 3.21. The van der Waals surface area contributed by atoms with Crippen LogP contribution in [0.1, 0.15) is 32.6 Å². The number of amides is 1. The topological polar surface area (TPSA) is 66.8 Å². The summed E-state index contributed by atoms with van der Waals surface area (Å²) in [5.74, 6) is 0.0223. The first-order chi connectivity index (χ1) is 11.0. The second-order valence-electron chi connectivity index (χ2n) is 5.94. The number of hydrogen-bond donors (Lipinski definition) is 1. The Morgan fingerprint density at radius 3 is 2.74 bits per heavy atom. The fourth-order valence-corrected chi connectivity index (χ4v) is 2.98. The Bertz CT molecular complexity index is 546. The molecule has 0 aliphatic carbocycles. The van der Waals surface area contributed by atoms with Crippen molar-refractivity contribution >= 4 is 23.5 Å². The van der Waals surface area contributed by atoms with Crippen molar-refractivity contribution in [3.63, 3.8) is 0 Å². The molecule has 2 rings (SSSR count). The number of carbonyl (C=O) groups is 2. The Balaban J connectivity index is 1.87. The fourth-order valence-electron chi connectivity index (χ4n) is 2.85. The fraction of sp³-hybridized carbons (Fsp3) is 0.529. The zero-order valence-corrected chi connectivity index (χ0v) is 14.0. The molecule has 0 radical (unpaired) electrons. The highest BCUT2D eigenvalue weighted by atomic mass is 35.5. The number of carboxylic acids is 1. The first-order valence-corrected chi connectivity index (χ1v) is 8.26. The highest BCUT2D eigenvalue weighted by molar-refractivity contribution is 6.30.